The first-order valence-corrected chi connectivity index (χ1v) is 11.5. The third-order valence-electron chi connectivity index (χ3n) is 5.22. The number of ether oxygens (including phenoxy) is 1. The van der Waals surface area contributed by atoms with E-state index in [1.54, 1.807) is 12.1 Å². The molecule has 0 bridgehead atoms. The van der Waals surface area contributed by atoms with E-state index in [1.807, 2.05) is 42.6 Å². The predicted octanol–water partition coefficient (Wildman–Crippen LogP) is 4.68. The standard InChI is InChI=1S/C24H30N2O3S/c1-18-9-5-6-13-21(18)23(27)26-22(17-20-12-7-16-30-20)24(28)25-14-8-15-29-19-10-3-2-4-11-19/h5-7,9,12-13,16-17,19H,2-4,8,10-11,14-15H2,1H3,(H,25,28)(H,26,27)/b22-17-. The molecule has 1 heterocycles. The topological polar surface area (TPSA) is 67.4 Å². The molecule has 5 nitrogen and oxygen atoms in total. The molecule has 1 saturated carbocycles. The second-order valence-electron chi connectivity index (χ2n) is 7.58. The van der Waals surface area contributed by atoms with Crippen LogP contribution in [0.4, 0.5) is 0 Å². The van der Waals surface area contributed by atoms with Crippen LogP contribution in [0.1, 0.15) is 59.3 Å². The Morgan fingerprint density at radius 1 is 1.13 bits per heavy atom. The molecular formula is C24H30N2O3S. The van der Waals surface area contributed by atoms with Crippen LogP contribution >= 0.6 is 11.3 Å². The van der Waals surface area contributed by atoms with E-state index < -0.39 is 0 Å². The lowest BCUT2D eigenvalue weighted by atomic mass is 9.98. The van der Waals surface area contributed by atoms with Crippen molar-refractivity contribution in [1.82, 2.24) is 10.6 Å². The monoisotopic (exact) mass is 426 g/mol. The third-order valence-corrected chi connectivity index (χ3v) is 6.04. The van der Waals surface area contributed by atoms with Crippen LogP contribution in [0.2, 0.25) is 0 Å². The van der Waals surface area contributed by atoms with Crippen LogP contribution < -0.4 is 10.6 Å². The Bertz CT molecular complexity index is 855. The summed E-state index contributed by atoms with van der Waals surface area (Å²) in [6.45, 7) is 3.03. The minimum atomic E-state index is -0.289. The molecule has 6 heteroatoms. The van der Waals surface area contributed by atoms with Gasteiger partial charge in [0.15, 0.2) is 0 Å². The van der Waals surface area contributed by atoms with Crippen molar-refractivity contribution >= 4 is 29.2 Å². The number of carbonyl (C=O) groups excluding carboxylic acids is 2. The Balaban J connectivity index is 1.54. The van der Waals surface area contributed by atoms with Crippen molar-refractivity contribution < 1.29 is 14.3 Å². The Labute approximate surface area is 182 Å². The number of thiophene rings is 1. The highest BCUT2D eigenvalue weighted by atomic mass is 32.1. The maximum atomic E-state index is 12.8. The zero-order valence-corrected chi connectivity index (χ0v) is 18.3. The molecule has 1 aliphatic carbocycles. The van der Waals surface area contributed by atoms with Crippen LogP contribution in [0.5, 0.6) is 0 Å². The lowest BCUT2D eigenvalue weighted by Crippen LogP contribution is -2.35. The van der Waals surface area contributed by atoms with Crippen LogP contribution in [-0.4, -0.2) is 31.1 Å². The number of aryl methyl sites for hydroxylation is 1. The smallest absolute Gasteiger partial charge is 0.267 e. The van der Waals surface area contributed by atoms with Crippen molar-refractivity contribution in [3.63, 3.8) is 0 Å². The van der Waals surface area contributed by atoms with Crippen molar-refractivity contribution in [3.8, 4) is 0 Å². The van der Waals surface area contributed by atoms with Crippen LogP contribution in [0.3, 0.4) is 0 Å². The van der Waals surface area contributed by atoms with E-state index in [0.717, 1.165) is 29.7 Å². The molecule has 30 heavy (non-hydrogen) atoms. The summed E-state index contributed by atoms with van der Waals surface area (Å²) in [7, 11) is 0. The summed E-state index contributed by atoms with van der Waals surface area (Å²) in [5.74, 6) is -0.574. The largest absolute Gasteiger partial charge is 0.378 e. The molecule has 0 aliphatic heterocycles. The minimum absolute atomic E-state index is 0.249. The molecule has 0 radical (unpaired) electrons. The van der Waals surface area contributed by atoms with Crippen molar-refractivity contribution in [2.75, 3.05) is 13.2 Å². The summed E-state index contributed by atoms with van der Waals surface area (Å²) in [5.41, 5.74) is 1.67. The number of rotatable bonds is 9. The number of hydrogen-bond acceptors (Lipinski definition) is 4. The Kier molecular flexibility index (Phi) is 8.66. The first kappa shape index (κ1) is 22.2. The molecule has 1 aromatic carbocycles. The maximum absolute atomic E-state index is 12.8. The number of hydrogen-bond donors (Lipinski definition) is 2. The van der Waals surface area contributed by atoms with Crippen LogP contribution in [0.25, 0.3) is 6.08 Å². The molecule has 3 rings (SSSR count). The minimum Gasteiger partial charge on any atom is -0.378 e. The van der Waals surface area contributed by atoms with Crippen LogP contribution in [0.15, 0.2) is 47.5 Å². The summed E-state index contributed by atoms with van der Waals surface area (Å²) in [6.07, 6.45) is 8.93. The zero-order chi connectivity index (χ0) is 21.2. The maximum Gasteiger partial charge on any atom is 0.267 e. The van der Waals surface area contributed by atoms with E-state index in [-0.39, 0.29) is 17.5 Å². The Morgan fingerprint density at radius 2 is 1.93 bits per heavy atom. The number of benzene rings is 1. The normalized spacial score (nSPS) is 15.0. The van der Waals surface area contributed by atoms with Crippen molar-refractivity contribution in [3.05, 3.63) is 63.5 Å². The van der Waals surface area contributed by atoms with E-state index in [1.165, 1.54) is 30.6 Å². The second kappa shape index (κ2) is 11.7. The molecule has 160 valence electrons. The summed E-state index contributed by atoms with van der Waals surface area (Å²) in [6, 6.07) is 11.2. The van der Waals surface area contributed by atoms with Gasteiger partial charge in [0, 0.05) is 23.6 Å². The molecule has 0 atom stereocenters. The van der Waals surface area contributed by atoms with Crippen LogP contribution in [-0.2, 0) is 9.53 Å². The third kappa shape index (κ3) is 6.82. The summed E-state index contributed by atoms with van der Waals surface area (Å²) >= 11 is 1.51. The average molecular weight is 427 g/mol. The van der Waals surface area contributed by atoms with Gasteiger partial charge < -0.3 is 15.4 Å². The fourth-order valence-electron chi connectivity index (χ4n) is 3.54. The molecular weight excluding hydrogens is 396 g/mol. The molecule has 0 unspecified atom stereocenters. The summed E-state index contributed by atoms with van der Waals surface area (Å²) in [4.78, 5) is 26.4. The van der Waals surface area contributed by atoms with Crippen molar-refractivity contribution in [1.29, 1.82) is 0 Å². The van der Waals surface area contributed by atoms with Gasteiger partial charge in [0.05, 0.1) is 6.10 Å². The SMILES string of the molecule is Cc1ccccc1C(=O)N/C(=C\c1cccs1)C(=O)NCCCOC1CCCCC1. The van der Waals surface area contributed by atoms with Gasteiger partial charge in [0.2, 0.25) is 0 Å². The molecule has 0 spiro atoms. The molecule has 2 amide bonds. The first-order chi connectivity index (χ1) is 14.6. The Hall–Kier alpha value is -2.44. The highest BCUT2D eigenvalue weighted by molar-refractivity contribution is 7.10. The van der Waals surface area contributed by atoms with E-state index in [4.69, 9.17) is 4.74 Å². The number of nitrogens with one attached hydrogen (secondary N) is 2. The molecule has 2 aromatic rings. The molecule has 0 saturated heterocycles. The van der Waals surface area contributed by atoms with E-state index >= 15 is 0 Å². The molecule has 1 aromatic heterocycles. The fourth-order valence-corrected chi connectivity index (χ4v) is 4.20. The quantitative estimate of drug-likeness (QED) is 0.452. The zero-order valence-electron chi connectivity index (χ0n) is 17.5. The highest BCUT2D eigenvalue weighted by Gasteiger charge is 2.16. The van der Waals surface area contributed by atoms with Crippen molar-refractivity contribution in [2.45, 2.75) is 51.6 Å². The molecule has 1 aliphatic rings. The number of carbonyl (C=O) groups is 2. The Morgan fingerprint density at radius 3 is 2.67 bits per heavy atom. The first-order valence-electron chi connectivity index (χ1n) is 10.7. The number of amides is 2. The van der Waals surface area contributed by atoms with Gasteiger partial charge in [-0.2, -0.15) is 0 Å². The second-order valence-corrected chi connectivity index (χ2v) is 8.56. The fraction of sp³-hybridized carbons (Fsp3) is 0.417. The van der Waals surface area contributed by atoms with E-state index in [2.05, 4.69) is 10.6 Å². The van der Waals surface area contributed by atoms with Crippen molar-refractivity contribution in [2.24, 2.45) is 0 Å². The van der Waals surface area contributed by atoms with Gasteiger partial charge in [-0.05, 0) is 55.3 Å². The lowest BCUT2D eigenvalue weighted by Gasteiger charge is -2.22. The van der Waals surface area contributed by atoms with Gasteiger partial charge in [-0.15, -0.1) is 11.3 Å². The lowest BCUT2D eigenvalue weighted by molar-refractivity contribution is -0.117. The molecule has 2 N–H and O–H groups in total. The highest BCUT2D eigenvalue weighted by Crippen LogP contribution is 2.20. The van der Waals surface area contributed by atoms with Crippen LogP contribution in [0, 0.1) is 6.92 Å². The van der Waals surface area contributed by atoms with Gasteiger partial charge in [-0.1, -0.05) is 43.5 Å². The predicted molar refractivity (Wildman–Crippen MR) is 121 cm³/mol. The van der Waals surface area contributed by atoms with Gasteiger partial charge in [-0.3, -0.25) is 9.59 Å². The summed E-state index contributed by atoms with van der Waals surface area (Å²) < 4.78 is 5.91. The van der Waals surface area contributed by atoms with Gasteiger partial charge in [0.25, 0.3) is 11.8 Å². The van der Waals surface area contributed by atoms with Gasteiger partial charge >= 0.3 is 0 Å². The summed E-state index contributed by atoms with van der Waals surface area (Å²) in [5, 5.41) is 7.64. The average Bonchev–Trinajstić information content (AvgIpc) is 3.27. The van der Waals surface area contributed by atoms with E-state index in [9.17, 15) is 9.59 Å². The van der Waals surface area contributed by atoms with Gasteiger partial charge in [-0.25, -0.2) is 0 Å². The van der Waals surface area contributed by atoms with E-state index in [0.29, 0.717) is 24.8 Å². The molecule has 1 fully saturated rings. The van der Waals surface area contributed by atoms with Gasteiger partial charge in [0.1, 0.15) is 5.70 Å².